The average Bonchev–Trinajstić information content (AvgIpc) is 2.27. The Balaban J connectivity index is 1.99. The van der Waals surface area contributed by atoms with Crippen molar-refractivity contribution in [1.29, 1.82) is 0 Å². The van der Waals surface area contributed by atoms with Crippen LogP contribution in [0.4, 0.5) is 5.69 Å². The molecule has 2 unspecified atom stereocenters. The number of hydrogen-bond donors (Lipinski definition) is 2. The predicted octanol–water partition coefficient (Wildman–Crippen LogP) is 1.72. The Morgan fingerprint density at radius 1 is 1.22 bits per heavy atom. The number of aliphatic carboxylic acids is 1. The summed E-state index contributed by atoms with van der Waals surface area (Å²) in [5.74, 6) is 0.383. The van der Waals surface area contributed by atoms with Gasteiger partial charge < -0.3 is 10.4 Å². The highest BCUT2D eigenvalue weighted by molar-refractivity contribution is 5.96. The van der Waals surface area contributed by atoms with Crippen LogP contribution in [-0.4, -0.2) is 17.0 Å². The molecule has 0 saturated heterocycles. The van der Waals surface area contributed by atoms with Gasteiger partial charge in [0.25, 0.3) is 0 Å². The fraction of sp³-hybridized carbons (Fsp3) is 0.286. The van der Waals surface area contributed by atoms with Gasteiger partial charge in [-0.15, -0.1) is 6.42 Å². The lowest BCUT2D eigenvalue weighted by atomic mass is 9.73. The number of amides is 1. The molecule has 0 heterocycles. The van der Waals surface area contributed by atoms with Gasteiger partial charge >= 0.3 is 5.97 Å². The Bertz CT molecular complexity index is 513. The normalized spacial score (nSPS) is 21.5. The SMILES string of the molecule is C#Cc1ccc(NC(=O)C2CCC2C(=O)O)cc1. The maximum Gasteiger partial charge on any atom is 0.307 e. The molecule has 2 atom stereocenters. The van der Waals surface area contributed by atoms with Gasteiger partial charge in [0.1, 0.15) is 0 Å². The van der Waals surface area contributed by atoms with E-state index >= 15 is 0 Å². The number of carboxylic acid groups (broad SMARTS) is 1. The molecule has 1 aromatic carbocycles. The van der Waals surface area contributed by atoms with E-state index in [-0.39, 0.29) is 5.91 Å². The maximum absolute atomic E-state index is 11.8. The van der Waals surface area contributed by atoms with Crippen molar-refractivity contribution >= 4 is 17.6 Å². The third kappa shape index (κ3) is 2.35. The first kappa shape index (κ1) is 12.2. The van der Waals surface area contributed by atoms with Crippen LogP contribution < -0.4 is 5.32 Å². The second-order valence-electron chi connectivity index (χ2n) is 4.34. The lowest BCUT2D eigenvalue weighted by molar-refractivity contribution is -0.151. The van der Waals surface area contributed by atoms with E-state index in [4.69, 9.17) is 11.5 Å². The van der Waals surface area contributed by atoms with E-state index in [0.717, 1.165) is 5.56 Å². The van der Waals surface area contributed by atoms with E-state index in [0.29, 0.717) is 18.5 Å². The fourth-order valence-corrected chi connectivity index (χ4v) is 1.99. The smallest absolute Gasteiger partial charge is 0.307 e. The van der Waals surface area contributed by atoms with E-state index in [1.54, 1.807) is 24.3 Å². The van der Waals surface area contributed by atoms with Gasteiger partial charge in [0.2, 0.25) is 5.91 Å². The second-order valence-corrected chi connectivity index (χ2v) is 4.34. The standard InChI is InChI=1S/C14H13NO3/c1-2-9-3-5-10(6-4-9)15-13(16)11-7-8-12(11)14(17)18/h1,3-6,11-12H,7-8H2,(H,15,16)(H,17,18). The molecule has 0 radical (unpaired) electrons. The van der Waals surface area contributed by atoms with Gasteiger partial charge in [-0.05, 0) is 37.1 Å². The Morgan fingerprint density at radius 3 is 2.28 bits per heavy atom. The van der Waals surface area contributed by atoms with Crippen LogP contribution in [0.5, 0.6) is 0 Å². The molecule has 2 N–H and O–H groups in total. The predicted molar refractivity (Wildman–Crippen MR) is 66.9 cm³/mol. The lowest BCUT2D eigenvalue weighted by Crippen LogP contribution is -2.41. The Kier molecular flexibility index (Phi) is 3.33. The molecule has 1 fully saturated rings. The van der Waals surface area contributed by atoms with Gasteiger partial charge in [0.05, 0.1) is 11.8 Å². The molecule has 4 nitrogen and oxygen atoms in total. The first-order valence-electron chi connectivity index (χ1n) is 5.72. The molecule has 0 aromatic heterocycles. The highest BCUT2D eigenvalue weighted by atomic mass is 16.4. The van der Waals surface area contributed by atoms with Gasteiger partial charge in [-0.3, -0.25) is 9.59 Å². The molecule has 1 aromatic rings. The summed E-state index contributed by atoms with van der Waals surface area (Å²) < 4.78 is 0. The molecule has 4 heteroatoms. The van der Waals surface area contributed by atoms with E-state index in [2.05, 4.69) is 11.2 Å². The molecule has 2 rings (SSSR count). The van der Waals surface area contributed by atoms with Crippen molar-refractivity contribution in [2.24, 2.45) is 11.8 Å². The molecule has 1 amide bonds. The minimum absolute atomic E-state index is 0.234. The van der Waals surface area contributed by atoms with Crippen LogP contribution in [0.2, 0.25) is 0 Å². The maximum atomic E-state index is 11.8. The van der Waals surface area contributed by atoms with Crippen molar-refractivity contribution in [2.75, 3.05) is 5.32 Å². The zero-order valence-corrected chi connectivity index (χ0v) is 9.72. The lowest BCUT2D eigenvalue weighted by Gasteiger charge is -2.31. The number of anilines is 1. The van der Waals surface area contributed by atoms with Crippen LogP contribution in [0, 0.1) is 24.2 Å². The number of benzene rings is 1. The molecule has 1 aliphatic carbocycles. The highest BCUT2D eigenvalue weighted by Gasteiger charge is 2.41. The van der Waals surface area contributed by atoms with Crippen molar-refractivity contribution < 1.29 is 14.7 Å². The van der Waals surface area contributed by atoms with Crippen molar-refractivity contribution in [3.8, 4) is 12.3 Å². The topological polar surface area (TPSA) is 66.4 Å². The number of nitrogens with one attached hydrogen (secondary N) is 1. The minimum atomic E-state index is -0.899. The molecule has 1 aliphatic rings. The van der Waals surface area contributed by atoms with Crippen molar-refractivity contribution in [3.63, 3.8) is 0 Å². The van der Waals surface area contributed by atoms with Gasteiger partial charge in [0.15, 0.2) is 0 Å². The van der Waals surface area contributed by atoms with Crippen LogP contribution in [0.1, 0.15) is 18.4 Å². The number of carbonyl (C=O) groups is 2. The summed E-state index contributed by atoms with van der Waals surface area (Å²) >= 11 is 0. The summed E-state index contributed by atoms with van der Waals surface area (Å²) in [4.78, 5) is 22.7. The number of rotatable bonds is 3. The molecule has 0 spiro atoms. The number of terminal acetylenes is 1. The van der Waals surface area contributed by atoms with E-state index in [1.807, 2.05) is 0 Å². The van der Waals surface area contributed by atoms with Gasteiger partial charge in [0, 0.05) is 11.3 Å². The molecule has 0 bridgehead atoms. The zero-order chi connectivity index (χ0) is 13.1. The second kappa shape index (κ2) is 4.92. The van der Waals surface area contributed by atoms with Crippen molar-refractivity contribution in [2.45, 2.75) is 12.8 Å². The van der Waals surface area contributed by atoms with Gasteiger partial charge in [-0.1, -0.05) is 5.92 Å². The molecule has 18 heavy (non-hydrogen) atoms. The Labute approximate surface area is 105 Å². The fourth-order valence-electron chi connectivity index (χ4n) is 1.99. The largest absolute Gasteiger partial charge is 0.481 e. The third-order valence-corrected chi connectivity index (χ3v) is 3.25. The highest BCUT2D eigenvalue weighted by Crippen LogP contribution is 2.35. The third-order valence-electron chi connectivity index (χ3n) is 3.25. The molecule has 1 saturated carbocycles. The summed E-state index contributed by atoms with van der Waals surface area (Å²) in [6.45, 7) is 0. The van der Waals surface area contributed by atoms with Crippen LogP contribution in [0.15, 0.2) is 24.3 Å². The molecular formula is C14H13NO3. The first-order chi connectivity index (χ1) is 8.61. The van der Waals surface area contributed by atoms with Crippen LogP contribution in [0.25, 0.3) is 0 Å². The van der Waals surface area contributed by atoms with Gasteiger partial charge in [-0.2, -0.15) is 0 Å². The summed E-state index contributed by atoms with van der Waals surface area (Å²) in [6, 6.07) is 6.87. The van der Waals surface area contributed by atoms with E-state index < -0.39 is 17.8 Å². The quantitative estimate of drug-likeness (QED) is 0.794. The molecule has 92 valence electrons. The summed E-state index contributed by atoms with van der Waals surface area (Å²) in [7, 11) is 0. The van der Waals surface area contributed by atoms with Gasteiger partial charge in [-0.25, -0.2) is 0 Å². The average molecular weight is 243 g/mol. The first-order valence-corrected chi connectivity index (χ1v) is 5.72. The van der Waals surface area contributed by atoms with Crippen LogP contribution in [-0.2, 0) is 9.59 Å². The Hall–Kier alpha value is -2.28. The van der Waals surface area contributed by atoms with E-state index in [9.17, 15) is 9.59 Å². The Morgan fingerprint density at radius 2 is 1.83 bits per heavy atom. The van der Waals surface area contributed by atoms with Crippen molar-refractivity contribution in [1.82, 2.24) is 0 Å². The summed E-state index contributed by atoms with van der Waals surface area (Å²) in [6.07, 6.45) is 6.43. The number of hydrogen-bond acceptors (Lipinski definition) is 2. The van der Waals surface area contributed by atoms with E-state index in [1.165, 1.54) is 0 Å². The zero-order valence-electron chi connectivity index (χ0n) is 9.72. The monoisotopic (exact) mass is 243 g/mol. The number of carbonyl (C=O) groups excluding carboxylic acids is 1. The van der Waals surface area contributed by atoms with Crippen LogP contribution >= 0.6 is 0 Å². The minimum Gasteiger partial charge on any atom is -0.481 e. The number of carboxylic acids is 1. The molecule has 0 aliphatic heterocycles. The summed E-state index contributed by atoms with van der Waals surface area (Å²) in [5.41, 5.74) is 1.37. The molecular weight excluding hydrogens is 230 g/mol. The summed E-state index contributed by atoms with van der Waals surface area (Å²) in [5, 5.41) is 11.6. The van der Waals surface area contributed by atoms with Crippen molar-refractivity contribution in [3.05, 3.63) is 29.8 Å². The van der Waals surface area contributed by atoms with Crippen LogP contribution in [0.3, 0.4) is 0 Å².